The molecule has 2 heterocycles. The number of pyridine rings is 1. The summed E-state index contributed by atoms with van der Waals surface area (Å²) in [6.07, 6.45) is 1.66. The minimum atomic E-state index is -0.911. The lowest BCUT2D eigenvalue weighted by Gasteiger charge is -2.04. The Morgan fingerprint density at radius 3 is 3.00 bits per heavy atom. The van der Waals surface area contributed by atoms with Gasteiger partial charge in [-0.05, 0) is 16.0 Å². The van der Waals surface area contributed by atoms with Crippen molar-refractivity contribution in [2.45, 2.75) is 11.7 Å². The molecule has 0 aromatic carbocycles. The van der Waals surface area contributed by atoms with Crippen molar-refractivity contribution in [2.24, 2.45) is 0 Å². The van der Waals surface area contributed by atoms with Gasteiger partial charge in [0.1, 0.15) is 0 Å². The summed E-state index contributed by atoms with van der Waals surface area (Å²) in [5, 5.41) is 20.2. The van der Waals surface area contributed by atoms with Crippen molar-refractivity contribution in [3.63, 3.8) is 0 Å². The maximum atomic E-state index is 10.5. The zero-order valence-electron chi connectivity index (χ0n) is 10.1. The van der Waals surface area contributed by atoms with Gasteiger partial charge in [0.25, 0.3) is 0 Å². The first-order valence-corrected chi connectivity index (χ1v) is 6.27. The molecular formula is C10H11N5O3S. The fourth-order valence-corrected chi connectivity index (χ4v) is 1.92. The summed E-state index contributed by atoms with van der Waals surface area (Å²) in [5.74, 6) is -0.465. The van der Waals surface area contributed by atoms with Crippen LogP contribution in [0.4, 0.5) is 0 Å². The van der Waals surface area contributed by atoms with E-state index < -0.39 is 5.97 Å². The summed E-state index contributed by atoms with van der Waals surface area (Å²) in [6.45, 7) is 0.423. The molecule has 0 radical (unpaired) electrons. The van der Waals surface area contributed by atoms with Gasteiger partial charge in [0, 0.05) is 12.3 Å². The van der Waals surface area contributed by atoms with Crippen LogP contribution in [-0.2, 0) is 11.3 Å². The van der Waals surface area contributed by atoms with Crippen molar-refractivity contribution in [1.82, 2.24) is 25.2 Å². The fourth-order valence-electron chi connectivity index (χ4n) is 1.32. The van der Waals surface area contributed by atoms with Crippen LogP contribution in [0.3, 0.4) is 0 Å². The third-order valence-electron chi connectivity index (χ3n) is 2.16. The summed E-state index contributed by atoms with van der Waals surface area (Å²) in [7, 11) is 1.55. The van der Waals surface area contributed by atoms with E-state index in [2.05, 4.69) is 20.5 Å². The molecule has 0 unspecified atom stereocenters. The molecule has 0 amide bonds. The second kappa shape index (κ2) is 6.14. The second-order valence-corrected chi connectivity index (χ2v) is 4.45. The lowest BCUT2D eigenvalue weighted by molar-refractivity contribution is -0.133. The Bertz CT molecular complexity index is 557. The number of hydrogen-bond acceptors (Lipinski definition) is 7. The van der Waals surface area contributed by atoms with E-state index in [9.17, 15) is 4.79 Å². The monoisotopic (exact) mass is 281 g/mol. The summed E-state index contributed by atoms with van der Waals surface area (Å²) < 4.78 is 6.49. The number of ether oxygens (including phenoxy) is 1. The summed E-state index contributed by atoms with van der Waals surface area (Å²) in [4.78, 5) is 14.6. The molecule has 100 valence electrons. The largest absolute Gasteiger partial charge is 0.481 e. The van der Waals surface area contributed by atoms with E-state index in [0.717, 1.165) is 17.3 Å². The molecule has 2 rings (SSSR count). The van der Waals surface area contributed by atoms with E-state index in [0.29, 0.717) is 17.6 Å². The number of rotatable bonds is 6. The first-order valence-electron chi connectivity index (χ1n) is 5.28. The number of carboxylic acids is 1. The maximum Gasteiger partial charge on any atom is 0.313 e. The predicted octanol–water partition coefficient (Wildman–Crippen LogP) is 0.302. The molecule has 0 aliphatic heterocycles. The Hall–Kier alpha value is -2.16. The number of aromatic nitrogens is 5. The van der Waals surface area contributed by atoms with Crippen LogP contribution >= 0.6 is 11.8 Å². The number of carboxylic acid groups (broad SMARTS) is 1. The van der Waals surface area contributed by atoms with Gasteiger partial charge < -0.3 is 9.84 Å². The zero-order valence-corrected chi connectivity index (χ0v) is 10.9. The van der Waals surface area contributed by atoms with Crippen molar-refractivity contribution in [3.05, 3.63) is 23.9 Å². The lowest BCUT2D eigenvalue weighted by Crippen LogP contribution is -2.06. The number of aliphatic carboxylic acids is 1. The fraction of sp³-hybridized carbons (Fsp3) is 0.300. The highest BCUT2D eigenvalue weighted by Gasteiger charge is 2.09. The Morgan fingerprint density at radius 2 is 2.37 bits per heavy atom. The molecule has 0 fully saturated rings. The topological polar surface area (TPSA) is 103 Å². The third-order valence-corrected chi connectivity index (χ3v) is 3.10. The number of methoxy groups -OCH3 is 1. The Balaban J connectivity index is 2.05. The van der Waals surface area contributed by atoms with Crippen LogP contribution in [-0.4, -0.2) is 49.1 Å². The van der Waals surface area contributed by atoms with Crippen molar-refractivity contribution < 1.29 is 14.6 Å². The molecule has 19 heavy (non-hydrogen) atoms. The van der Waals surface area contributed by atoms with Crippen molar-refractivity contribution in [1.29, 1.82) is 0 Å². The predicted molar refractivity (Wildman–Crippen MR) is 66.1 cm³/mol. The molecule has 0 atom stereocenters. The number of thioether (sulfide) groups is 1. The highest BCUT2D eigenvalue weighted by molar-refractivity contribution is 7.99. The van der Waals surface area contributed by atoms with E-state index in [1.54, 1.807) is 19.4 Å². The molecule has 0 saturated carbocycles. The highest BCUT2D eigenvalue weighted by Crippen LogP contribution is 2.15. The van der Waals surface area contributed by atoms with Crippen LogP contribution in [0.25, 0.3) is 0 Å². The zero-order chi connectivity index (χ0) is 13.7. The van der Waals surface area contributed by atoms with Gasteiger partial charge >= 0.3 is 5.97 Å². The van der Waals surface area contributed by atoms with Gasteiger partial charge in [-0.15, -0.1) is 5.10 Å². The Morgan fingerprint density at radius 1 is 1.53 bits per heavy atom. The summed E-state index contributed by atoms with van der Waals surface area (Å²) in [5.41, 5.74) is 0.894. The molecule has 1 N–H and O–H groups in total. The third kappa shape index (κ3) is 3.65. The number of nitrogens with zero attached hydrogens (tertiary/aromatic N) is 5. The van der Waals surface area contributed by atoms with Crippen LogP contribution in [0, 0.1) is 0 Å². The van der Waals surface area contributed by atoms with Gasteiger partial charge in [-0.3, -0.25) is 4.79 Å². The summed E-state index contributed by atoms with van der Waals surface area (Å²) >= 11 is 1.07. The smallest absolute Gasteiger partial charge is 0.313 e. The van der Waals surface area contributed by atoms with Gasteiger partial charge in [0.05, 0.1) is 19.4 Å². The van der Waals surface area contributed by atoms with E-state index in [1.807, 2.05) is 6.07 Å². The van der Waals surface area contributed by atoms with E-state index >= 15 is 0 Å². The average Bonchev–Trinajstić information content (AvgIpc) is 2.84. The first-order chi connectivity index (χ1) is 9.19. The van der Waals surface area contributed by atoms with Gasteiger partial charge in [0.2, 0.25) is 11.0 Å². The average molecular weight is 281 g/mol. The quantitative estimate of drug-likeness (QED) is 0.754. The molecule has 0 aliphatic rings. The minimum absolute atomic E-state index is 0.0821. The molecule has 0 saturated heterocycles. The van der Waals surface area contributed by atoms with Gasteiger partial charge in [-0.2, -0.15) is 0 Å². The van der Waals surface area contributed by atoms with E-state index in [1.165, 1.54) is 4.68 Å². The second-order valence-electron chi connectivity index (χ2n) is 3.51. The van der Waals surface area contributed by atoms with Crippen LogP contribution in [0.1, 0.15) is 5.56 Å². The minimum Gasteiger partial charge on any atom is -0.481 e. The lowest BCUT2D eigenvalue weighted by atomic mass is 10.3. The standard InChI is InChI=1S/C10H11N5O3S/c1-18-8-3-2-7(4-11-8)5-15-10(12-13-14-15)19-6-9(16)17/h2-4H,5-6H2,1H3,(H,16,17). The molecule has 0 spiro atoms. The van der Waals surface area contributed by atoms with Crippen LogP contribution in [0.2, 0.25) is 0 Å². The SMILES string of the molecule is COc1ccc(Cn2nnnc2SCC(=O)O)cn1. The van der Waals surface area contributed by atoms with Crippen LogP contribution < -0.4 is 4.74 Å². The van der Waals surface area contributed by atoms with E-state index in [4.69, 9.17) is 9.84 Å². The normalized spacial score (nSPS) is 10.4. The van der Waals surface area contributed by atoms with E-state index in [-0.39, 0.29) is 5.75 Å². The maximum absolute atomic E-state index is 10.5. The number of hydrogen-bond donors (Lipinski definition) is 1. The highest BCUT2D eigenvalue weighted by atomic mass is 32.2. The number of tetrazole rings is 1. The van der Waals surface area contributed by atoms with Gasteiger partial charge in [0.15, 0.2) is 0 Å². The van der Waals surface area contributed by atoms with Gasteiger partial charge in [-0.25, -0.2) is 9.67 Å². The molecule has 2 aromatic rings. The molecule has 0 aliphatic carbocycles. The molecule has 8 nitrogen and oxygen atoms in total. The van der Waals surface area contributed by atoms with Crippen molar-refractivity contribution in [2.75, 3.05) is 12.9 Å². The Kier molecular flexibility index (Phi) is 4.29. The van der Waals surface area contributed by atoms with Crippen LogP contribution in [0.5, 0.6) is 5.88 Å². The molecule has 0 bridgehead atoms. The van der Waals surface area contributed by atoms with Gasteiger partial charge in [-0.1, -0.05) is 17.8 Å². The summed E-state index contributed by atoms with van der Waals surface area (Å²) in [6, 6.07) is 3.59. The first kappa shape index (κ1) is 13.3. The van der Waals surface area contributed by atoms with Crippen LogP contribution in [0.15, 0.2) is 23.5 Å². The molecular weight excluding hydrogens is 270 g/mol. The Labute approximate surface area is 112 Å². The van der Waals surface area contributed by atoms with Crippen molar-refractivity contribution >= 4 is 17.7 Å². The van der Waals surface area contributed by atoms with Crippen molar-refractivity contribution in [3.8, 4) is 5.88 Å². The molecule has 2 aromatic heterocycles. The number of carbonyl (C=O) groups is 1. The molecule has 9 heteroatoms.